The standard InChI is InChI=1S/C13H22O2Si2/c1-13(2,3)16-15-17(4,5)12-8-6-11(10-14)7-9-12/h6-10H,16H2,1-5H3. The molecule has 0 fully saturated rings. The van der Waals surface area contributed by atoms with Gasteiger partial charge in [-0.25, -0.2) is 0 Å². The van der Waals surface area contributed by atoms with Crippen molar-refractivity contribution in [2.75, 3.05) is 0 Å². The second-order valence-electron chi connectivity index (χ2n) is 6.10. The highest BCUT2D eigenvalue weighted by Crippen LogP contribution is 2.22. The number of aldehydes is 1. The predicted octanol–water partition coefficient (Wildman–Crippen LogP) is 2.23. The summed E-state index contributed by atoms with van der Waals surface area (Å²) in [6.45, 7) is 11.2. The topological polar surface area (TPSA) is 26.3 Å². The fourth-order valence-electron chi connectivity index (χ4n) is 1.44. The van der Waals surface area contributed by atoms with E-state index in [0.717, 1.165) is 11.8 Å². The van der Waals surface area contributed by atoms with Gasteiger partial charge >= 0.3 is 0 Å². The fourth-order valence-corrected chi connectivity index (χ4v) is 6.25. The minimum absolute atomic E-state index is 0.326. The molecule has 94 valence electrons. The number of benzene rings is 1. The van der Waals surface area contributed by atoms with Crippen LogP contribution in [0.3, 0.4) is 0 Å². The first kappa shape index (κ1) is 14.3. The Balaban J connectivity index is 2.77. The first-order valence-corrected chi connectivity index (χ1v) is 10.1. The second kappa shape index (κ2) is 5.29. The lowest BCUT2D eigenvalue weighted by Gasteiger charge is -2.28. The minimum Gasteiger partial charge on any atom is -0.457 e. The molecule has 0 spiro atoms. The van der Waals surface area contributed by atoms with E-state index < -0.39 is 18.1 Å². The zero-order valence-electron chi connectivity index (χ0n) is 11.4. The minimum atomic E-state index is -1.78. The number of hydrogen-bond donors (Lipinski definition) is 0. The Labute approximate surface area is 107 Å². The Morgan fingerprint density at radius 3 is 2.12 bits per heavy atom. The summed E-state index contributed by atoms with van der Waals surface area (Å²) in [5, 5.41) is 1.59. The van der Waals surface area contributed by atoms with Crippen molar-refractivity contribution in [2.24, 2.45) is 0 Å². The van der Waals surface area contributed by atoms with Crippen LogP contribution in [0, 0.1) is 0 Å². The van der Waals surface area contributed by atoms with Gasteiger partial charge in [0.15, 0.2) is 9.76 Å². The van der Waals surface area contributed by atoms with Crippen LogP contribution in [-0.2, 0) is 4.12 Å². The van der Waals surface area contributed by atoms with Crippen LogP contribution in [0.4, 0.5) is 0 Å². The first-order valence-electron chi connectivity index (χ1n) is 5.94. The molecule has 0 amide bonds. The van der Waals surface area contributed by atoms with Crippen molar-refractivity contribution in [3.8, 4) is 0 Å². The Morgan fingerprint density at radius 1 is 1.18 bits per heavy atom. The van der Waals surface area contributed by atoms with Crippen molar-refractivity contribution in [3.63, 3.8) is 0 Å². The molecule has 0 radical (unpaired) electrons. The molecule has 0 aliphatic heterocycles. The average molecular weight is 266 g/mol. The van der Waals surface area contributed by atoms with Gasteiger partial charge in [0.1, 0.15) is 6.29 Å². The van der Waals surface area contributed by atoms with E-state index in [0.29, 0.717) is 5.04 Å². The fraction of sp³-hybridized carbons (Fsp3) is 0.462. The smallest absolute Gasteiger partial charge is 0.205 e. The van der Waals surface area contributed by atoms with Crippen molar-refractivity contribution >= 4 is 29.6 Å². The van der Waals surface area contributed by atoms with Crippen molar-refractivity contribution < 1.29 is 8.91 Å². The van der Waals surface area contributed by atoms with E-state index in [-0.39, 0.29) is 0 Å². The quantitative estimate of drug-likeness (QED) is 0.617. The lowest BCUT2D eigenvalue weighted by Crippen LogP contribution is -2.46. The van der Waals surface area contributed by atoms with Gasteiger partial charge in [-0.3, -0.25) is 4.79 Å². The molecule has 0 heterocycles. The Hall–Kier alpha value is -0.716. The lowest BCUT2D eigenvalue weighted by molar-refractivity contribution is 0.112. The molecule has 4 heteroatoms. The summed E-state index contributed by atoms with van der Waals surface area (Å²) in [6.07, 6.45) is 0.878. The summed E-state index contributed by atoms with van der Waals surface area (Å²) in [6, 6.07) is 7.82. The highest BCUT2D eigenvalue weighted by atomic mass is 28.4. The van der Waals surface area contributed by atoms with E-state index in [9.17, 15) is 4.79 Å². The van der Waals surface area contributed by atoms with Crippen molar-refractivity contribution in [1.29, 1.82) is 0 Å². The van der Waals surface area contributed by atoms with Gasteiger partial charge in [0, 0.05) is 5.56 Å². The number of hydrogen-bond acceptors (Lipinski definition) is 2. The van der Waals surface area contributed by atoms with Crippen LogP contribution in [0.1, 0.15) is 31.1 Å². The summed E-state index contributed by atoms with van der Waals surface area (Å²) >= 11 is 0. The monoisotopic (exact) mass is 266 g/mol. The normalized spacial score (nSPS) is 13.2. The predicted molar refractivity (Wildman–Crippen MR) is 78.3 cm³/mol. The Morgan fingerprint density at radius 2 is 1.71 bits per heavy atom. The van der Waals surface area contributed by atoms with Crippen molar-refractivity contribution in [3.05, 3.63) is 29.8 Å². The maximum absolute atomic E-state index is 10.6. The number of carbonyl (C=O) groups excluding carboxylic acids is 1. The van der Waals surface area contributed by atoms with Gasteiger partial charge in [-0.05, 0) is 23.3 Å². The molecule has 0 aliphatic carbocycles. The van der Waals surface area contributed by atoms with E-state index in [4.69, 9.17) is 4.12 Å². The van der Waals surface area contributed by atoms with E-state index >= 15 is 0 Å². The average Bonchev–Trinajstić information content (AvgIpc) is 2.26. The van der Waals surface area contributed by atoms with Gasteiger partial charge in [-0.1, -0.05) is 45.0 Å². The number of carbonyl (C=O) groups is 1. The molecule has 1 aromatic rings. The van der Waals surface area contributed by atoms with Crippen LogP contribution >= 0.6 is 0 Å². The van der Waals surface area contributed by atoms with Gasteiger partial charge < -0.3 is 4.12 Å². The first-order chi connectivity index (χ1) is 7.74. The molecular formula is C13H22O2Si2. The molecule has 0 unspecified atom stereocenters. The van der Waals surface area contributed by atoms with Crippen LogP contribution in [0.25, 0.3) is 0 Å². The molecule has 0 aromatic heterocycles. The third-order valence-electron chi connectivity index (χ3n) is 2.61. The maximum Gasteiger partial charge on any atom is 0.205 e. The van der Waals surface area contributed by atoms with Crippen LogP contribution in [0.5, 0.6) is 0 Å². The van der Waals surface area contributed by atoms with Crippen molar-refractivity contribution in [2.45, 2.75) is 38.9 Å². The molecule has 17 heavy (non-hydrogen) atoms. The molecule has 0 bridgehead atoms. The molecule has 1 rings (SSSR count). The van der Waals surface area contributed by atoms with Crippen LogP contribution in [-0.4, -0.2) is 24.4 Å². The van der Waals surface area contributed by atoms with Crippen molar-refractivity contribution in [1.82, 2.24) is 0 Å². The van der Waals surface area contributed by atoms with Crippen LogP contribution in [0.2, 0.25) is 18.1 Å². The van der Waals surface area contributed by atoms with Crippen LogP contribution < -0.4 is 5.19 Å². The van der Waals surface area contributed by atoms with Gasteiger partial charge in [0.25, 0.3) is 0 Å². The van der Waals surface area contributed by atoms with E-state index in [1.165, 1.54) is 5.19 Å². The number of rotatable bonds is 4. The molecular weight excluding hydrogens is 244 g/mol. The highest BCUT2D eigenvalue weighted by Gasteiger charge is 2.27. The summed E-state index contributed by atoms with van der Waals surface area (Å²) in [4.78, 5) is 10.6. The van der Waals surface area contributed by atoms with Gasteiger partial charge in [-0.2, -0.15) is 0 Å². The molecule has 0 atom stereocenters. The Kier molecular flexibility index (Phi) is 4.46. The van der Waals surface area contributed by atoms with E-state index in [1.54, 1.807) is 0 Å². The SMILES string of the molecule is CC(C)(C)[SiH2]O[Si](C)(C)c1ccc(C=O)cc1. The molecule has 0 saturated heterocycles. The Bertz CT molecular complexity index is 377. The molecule has 0 aliphatic rings. The third-order valence-corrected chi connectivity index (χ3v) is 8.66. The summed E-state index contributed by atoms with van der Waals surface area (Å²) < 4.78 is 6.24. The summed E-state index contributed by atoms with van der Waals surface area (Å²) in [7, 11) is -2.30. The zero-order chi connectivity index (χ0) is 13.1. The largest absolute Gasteiger partial charge is 0.457 e. The highest BCUT2D eigenvalue weighted by molar-refractivity contribution is 6.87. The van der Waals surface area contributed by atoms with E-state index in [2.05, 4.69) is 33.9 Å². The molecule has 1 aromatic carbocycles. The van der Waals surface area contributed by atoms with Gasteiger partial charge in [0.2, 0.25) is 8.32 Å². The second-order valence-corrected chi connectivity index (χ2v) is 13.3. The third kappa shape index (κ3) is 4.57. The zero-order valence-corrected chi connectivity index (χ0v) is 13.8. The van der Waals surface area contributed by atoms with E-state index in [1.807, 2.05) is 24.3 Å². The molecule has 2 nitrogen and oxygen atoms in total. The molecule has 0 saturated carbocycles. The summed E-state index contributed by atoms with van der Waals surface area (Å²) in [5.41, 5.74) is 0.728. The van der Waals surface area contributed by atoms with Crippen LogP contribution in [0.15, 0.2) is 24.3 Å². The van der Waals surface area contributed by atoms with Gasteiger partial charge in [-0.15, -0.1) is 0 Å². The summed E-state index contributed by atoms with van der Waals surface area (Å²) in [5.74, 6) is 0. The maximum atomic E-state index is 10.6. The van der Waals surface area contributed by atoms with Gasteiger partial charge in [0.05, 0.1) is 0 Å². The molecule has 0 N–H and O–H groups in total. The lowest BCUT2D eigenvalue weighted by atomic mass is 10.2.